The van der Waals surface area contributed by atoms with Crippen molar-refractivity contribution in [1.29, 1.82) is 0 Å². The molecule has 156 valence electrons. The standard InChI is InChI=1S/C23H22ClNO4S/c1-23(2,27)13-29-18-9-8-17(11-19(18)28-3)25-12-15-10-20(30-21(15)22(25)26)14-4-6-16(24)7-5-14/h4-11,27H,12-13H2,1-3H3. The lowest BCUT2D eigenvalue weighted by molar-refractivity contribution is 0.0276. The molecule has 4 rings (SSSR count). The SMILES string of the molecule is COc1cc(N2Cc3cc(-c4ccc(Cl)cc4)sc3C2=O)ccc1OCC(C)(C)O. The highest BCUT2D eigenvalue weighted by Crippen LogP contribution is 2.40. The molecule has 2 heterocycles. The van der Waals surface area contributed by atoms with Crippen LogP contribution >= 0.6 is 22.9 Å². The lowest BCUT2D eigenvalue weighted by Crippen LogP contribution is -2.28. The van der Waals surface area contributed by atoms with E-state index in [1.54, 1.807) is 38.0 Å². The smallest absolute Gasteiger partial charge is 0.269 e. The monoisotopic (exact) mass is 443 g/mol. The third kappa shape index (κ3) is 4.17. The number of ether oxygens (including phenoxy) is 2. The van der Waals surface area contributed by atoms with Gasteiger partial charge in [-0.05, 0) is 55.3 Å². The number of benzene rings is 2. The summed E-state index contributed by atoms with van der Waals surface area (Å²) >= 11 is 7.47. The van der Waals surface area contributed by atoms with Gasteiger partial charge < -0.3 is 19.5 Å². The lowest BCUT2D eigenvalue weighted by atomic mass is 10.1. The fraction of sp³-hybridized carbons (Fsp3) is 0.261. The molecule has 0 fully saturated rings. The van der Waals surface area contributed by atoms with E-state index >= 15 is 0 Å². The van der Waals surface area contributed by atoms with Crippen LogP contribution in [-0.4, -0.2) is 30.3 Å². The summed E-state index contributed by atoms with van der Waals surface area (Å²) in [5.74, 6) is 1.01. The van der Waals surface area contributed by atoms with Gasteiger partial charge in [0, 0.05) is 21.7 Å². The van der Waals surface area contributed by atoms with Crippen molar-refractivity contribution < 1.29 is 19.4 Å². The molecule has 0 saturated heterocycles. The average molecular weight is 444 g/mol. The van der Waals surface area contributed by atoms with Gasteiger partial charge in [-0.25, -0.2) is 0 Å². The molecule has 5 nitrogen and oxygen atoms in total. The molecular formula is C23H22ClNO4S. The van der Waals surface area contributed by atoms with Crippen LogP contribution in [0.25, 0.3) is 10.4 Å². The summed E-state index contributed by atoms with van der Waals surface area (Å²) in [5.41, 5.74) is 1.85. The normalized spacial score (nSPS) is 13.5. The Kier molecular flexibility index (Phi) is 5.49. The fourth-order valence-electron chi connectivity index (χ4n) is 3.25. The van der Waals surface area contributed by atoms with Crippen molar-refractivity contribution in [1.82, 2.24) is 0 Å². The van der Waals surface area contributed by atoms with Gasteiger partial charge in [0.2, 0.25) is 0 Å². The Morgan fingerprint density at radius 3 is 2.50 bits per heavy atom. The first-order valence-electron chi connectivity index (χ1n) is 9.49. The van der Waals surface area contributed by atoms with E-state index in [4.69, 9.17) is 21.1 Å². The second kappa shape index (κ2) is 7.95. The number of nitrogens with zero attached hydrogens (tertiary/aromatic N) is 1. The topological polar surface area (TPSA) is 59.0 Å². The molecule has 0 saturated carbocycles. The first-order chi connectivity index (χ1) is 14.2. The molecule has 1 aliphatic rings. The van der Waals surface area contributed by atoms with Gasteiger partial charge in [-0.2, -0.15) is 0 Å². The maximum atomic E-state index is 13.0. The Balaban J connectivity index is 1.55. The van der Waals surface area contributed by atoms with Gasteiger partial charge in [-0.1, -0.05) is 23.7 Å². The second-order valence-electron chi connectivity index (χ2n) is 7.80. The number of hydrogen-bond acceptors (Lipinski definition) is 5. The quantitative estimate of drug-likeness (QED) is 0.555. The molecule has 1 N–H and O–H groups in total. The van der Waals surface area contributed by atoms with Crippen molar-refractivity contribution in [3.05, 3.63) is 64.0 Å². The molecule has 1 aliphatic heterocycles. The van der Waals surface area contributed by atoms with E-state index in [1.807, 2.05) is 30.3 Å². The number of carbonyl (C=O) groups is 1. The largest absolute Gasteiger partial charge is 0.493 e. The van der Waals surface area contributed by atoms with Crippen molar-refractivity contribution >= 4 is 34.5 Å². The summed E-state index contributed by atoms with van der Waals surface area (Å²) in [6.45, 7) is 3.99. The summed E-state index contributed by atoms with van der Waals surface area (Å²) in [6, 6.07) is 15.1. The lowest BCUT2D eigenvalue weighted by Gasteiger charge is -2.21. The van der Waals surface area contributed by atoms with Crippen molar-refractivity contribution in [3.63, 3.8) is 0 Å². The van der Waals surface area contributed by atoms with E-state index in [0.717, 1.165) is 26.6 Å². The number of aliphatic hydroxyl groups is 1. The number of carbonyl (C=O) groups excluding carboxylic acids is 1. The third-order valence-corrected chi connectivity index (χ3v) is 6.21. The van der Waals surface area contributed by atoms with Crippen LogP contribution in [0.4, 0.5) is 5.69 Å². The van der Waals surface area contributed by atoms with Gasteiger partial charge in [-0.15, -0.1) is 11.3 Å². The number of halogens is 1. The number of methoxy groups -OCH3 is 1. The zero-order valence-corrected chi connectivity index (χ0v) is 18.5. The Morgan fingerprint density at radius 2 is 1.87 bits per heavy atom. The van der Waals surface area contributed by atoms with Crippen molar-refractivity contribution in [2.75, 3.05) is 18.6 Å². The Labute approximate surface area is 184 Å². The summed E-state index contributed by atoms with van der Waals surface area (Å²) in [7, 11) is 1.55. The number of hydrogen-bond donors (Lipinski definition) is 1. The second-order valence-corrected chi connectivity index (χ2v) is 9.29. The summed E-state index contributed by atoms with van der Waals surface area (Å²) in [6.07, 6.45) is 0. The molecule has 0 unspecified atom stereocenters. The van der Waals surface area contributed by atoms with Crippen LogP contribution < -0.4 is 14.4 Å². The predicted molar refractivity (Wildman–Crippen MR) is 120 cm³/mol. The maximum absolute atomic E-state index is 13.0. The highest BCUT2D eigenvalue weighted by atomic mass is 35.5. The number of amides is 1. The third-order valence-electron chi connectivity index (χ3n) is 4.75. The molecular weight excluding hydrogens is 422 g/mol. The number of thiophene rings is 1. The zero-order chi connectivity index (χ0) is 21.5. The molecule has 30 heavy (non-hydrogen) atoms. The van der Waals surface area contributed by atoms with Crippen LogP contribution in [0.5, 0.6) is 11.5 Å². The Bertz CT molecular complexity index is 1090. The first kappa shape index (κ1) is 20.7. The molecule has 0 aliphatic carbocycles. The maximum Gasteiger partial charge on any atom is 0.269 e. The molecule has 0 spiro atoms. The highest BCUT2D eigenvalue weighted by Gasteiger charge is 2.32. The summed E-state index contributed by atoms with van der Waals surface area (Å²) in [4.78, 5) is 16.6. The Hall–Kier alpha value is -2.54. The van der Waals surface area contributed by atoms with Crippen LogP contribution in [0.3, 0.4) is 0 Å². The minimum Gasteiger partial charge on any atom is -0.493 e. The van der Waals surface area contributed by atoms with Crippen molar-refractivity contribution in [3.8, 4) is 21.9 Å². The van der Waals surface area contributed by atoms with Gasteiger partial charge in [0.15, 0.2) is 11.5 Å². The van der Waals surface area contributed by atoms with Crippen molar-refractivity contribution in [2.45, 2.75) is 26.0 Å². The van der Waals surface area contributed by atoms with Gasteiger partial charge in [0.05, 0.1) is 24.1 Å². The van der Waals surface area contributed by atoms with E-state index in [2.05, 4.69) is 6.07 Å². The van der Waals surface area contributed by atoms with E-state index in [0.29, 0.717) is 23.1 Å². The highest BCUT2D eigenvalue weighted by molar-refractivity contribution is 7.17. The molecule has 2 aromatic carbocycles. The fourth-order valence-corrected chi connectivity index (χ4v) is 4.51. The van der Waals surface area contributed by atoms with E-state index in [1.165, 1.54) is 11.3 Å². The van der Waals surface area contributed by atoms with Gasteiger partial charge >= 0.3 is 0 Å². The zero-order valence-electron chi connectivity index (χ0n) is 16.9. The molecule has 1 aromatic heterocycles. The van der Waals surface area contributed by atoms with Crippen LogP contribution in [0.1, 0.15) is 29.1 Å². The minimum atomic E-state index is -0.954. The van der Waals surface area contributed by atoms with E-state index < -0.39 is 5.60 Å². The van der Waals surface area contributed by atoms with Crippen LogP contribution in [0, 0.1) is 0 Å². The molecule has 7 heteroatoms. The average Bonchev–Trinajstić information content (AvgIpc) is 3.26. The number of fused-ring (bicyclic) bond motifs is 1. The molecule has 0 atom stereocenters. The van der Waals surface area contributed by atoms with Crippen molar-refractivity contribution in [2.24, 2.45) is 0 Å². The van der Waals surface area contributed by atoms with Gasteiger partial charge in [-0.3, -0.25) is 4.79 Å². The van der Waals surface area contributed by atoms with Crippen LogP contribution in [-0.2, 0) is 6.54 Å². The Morgan fingerprint density at radius 1 is 1.13 bits per heavy atom. The molecule has 1 amide bonds. The number of rotatable bonds is 6. The van der Waals surface area contributed by atoms with E-state index in [9.17, 15) is 9.90 Å². The van der Waals surface area contributed by atoms with Gasteiger partial charge in [0.1, 0.15) is 6.61 Å². The van der Waals surface area contributed by atoms with Gasteiger partial charge in [0.25, 0.3) is 5.91 Å². The van der Waals surface area contributed by atoms with Crippen LogP contribution in [0.15, 0.2) is 48.5 Å². The number of anilines is 1. The molecule has 3 aromatic rings. The molecule has 0 radical (unpaired) electrons. The van der Waals surface area contributed by atoms with E-state index in [-0.39, 0.29) is 12.5 Å². The minimum absolute atomic E-state index is 0.0255. The summed E-state index contributed by atoms with van der Waals surface area (Å²) in [5, 5.41) is 10.6. The summed E-state index contributed by atoms with van der Waals surface area (Å²) < 4.78 is 11.1. The van der Waals surface area contributed by atoms with Crippen LogP contribution in [0.2, 0.25) is 5.02 Å². The first-order valence-corrected chi connectivity index (χ1v) is 10.7. The molecule has 0 bridgehead atoms. The predicted octanol–water partition coefficient (Wildman–Crippen LogP) is 5.39.